The van der Waals surface area contributed by atoms with Crippen LogP contribution in [0, 0.1) is 0 Å². The minimum Gasteiger partial charge on any atom is -0.493 e. The summed E-state index contributed by atoms with van der Waals surface area (Å²) in [6.07, 6.45) is -4.34. The van der Waals surface area contributed by atoms with E-state index in [9.17, 15) is 13.2 Å². The summed E-state index contributed by atoms with van der Waals surface area (Å²) in [5, 5.41) is 3.01. The van der Waals surface area contributed by atoms with Gasteiger partial charge in [0, 0.05) is 6.54 Å². The number of hydrogen-bond donors (Lipinski definition) is 2. The largest absolute Gasteiger partial charge is 0.493 e. The van der Waals surface area contributed by atoms with Crippen LogP contribution in [0.1, 0.15) is 16.7 Å². The number of nitrogens with zero attached hydrogens (tertiary/aromatic N) is 1. The van der Waals surface area contributed by atoms with Crippen molar-refractivity contribution in [1.29, 1.82) is 0 Å². The molecule has 0 bridgehead atoms. The zero-order valence-corrected chi connectivity index (χ0v) is 19.0. The Morgan fingerprint density at radius 1 is 1.00 bits per heavy atom. The van der Waals surface area contributed by atoms with Crippen LogP contribution in [0.4, 0.5) is 13.2 Å². The summed E-state index contributed by atoms with van der Waals surface area (Å²) in [5.41, 5.74) is 8.28. The summed E-state index contributed by atoms with van der Waals surface area (Å²) >= 11 is 0. The Bertz CT molecular complexity index is 832. The molecule has 3 N–H and O–H groups in total. The first-order chi connectivity index (χ1) is 13.8. The van der Waals surface area contributed by atoms with E-state index in [0.717, 1.165) is 11.1 Å². The van der Waals surface area contributed by atoms with E-state index in [1.807, 2.05) is 18.2 Å². The number of nitrogens with two attached hydrogens (primary N) is 1. The highest BCUT2D eigenvalue weighted by Crippen LogP contribution is 2.27. The molecule has 0 radical (unpaired) electrons. The molecule has 0 saturated carbocycles. The fourth-order valence-corrected chi connectivity index (χ4v) is 2.52. The fraction of sp³-hybridized carbons (Fsp3) is 0.350. The summed E-state index contributed by atoms with van der Waals surface area (Å²) in [6, 6.07) is 12.5. The lowest BCUT2D eigenvalue weighted by Crippen LogP contribution is -2.31. The highest BCUT2D eigenvalue weighted by atomic mass is 127. The van der Waals surface area contributed by atoms with Crippen LogP contribution in [-0.4, -0.2) is 33.0 Å². The Kier molecular flexibility index (Phi) is 10.7. The van der Waals surface area contributed by atoms with E-state index >= 15 is 0 Å². The average molecular weight is 539 g/mol. The molecule has 6 nitrogen and oxygen atoms in total. The maximum Gasteiger partial charge on any atom is 0.411 e. The zero-order chi connectivity index (χ0) is 21.3. The second kappa shape index (κ2) is 12.5. The van der Waals surface area contributed by atoms with Crippen LogP contribution in [0.5, 0.6) is 11.5 Å². The van der Waals surface area contributed by atoms with Crippen molar-refractivity contribution in [3.05, 3.63) is 59.2 Å². The van der Waals surface area contributed by atoms with Crippen LogP contribution in [0.25, 0.3) is 0 Å². The van der Waals surface area contributed by atoms with Crippen LogP contribution in [-0.2, 0) is 24.4 Å². The van der Waals surface area contributed by atoms with Gasteiger partial charge in [0.25, 0.3) is 0 Å². The van der Waals surface area contributed by atoms with Gasteiger partial charge in [-0.25, -0.2) is 4.99 Å². The summed E-state index contributed by atoms with van der Waals surface area (Å²) in [7, 11) is 3.13. The molecule has 0 aliphatic heterocycles. The minimum absolute atomic E-state index is 0. The third kappa shape index (κ3) is 9.08. The van der Waals surface area contributed by atoms with Gasteiger partial charge in [-0.05, 0) is 28.8 Å². The molecule has 0 atom stereocenters. The van der Waals surface area contributed by atoms with Crippen LogP contribution >= 0.6 is 24.0 Å². The van der Waals surface area contributed by atoms with Gasteiger partial charge in [-0.2, -0.15) is 13.2 Å². The van der Waals surface area contributed by atoms with E-state index in [4.69, 9.17) is 15.2 Å². The smallest absolute Gasteiger partial charge is 0.411 e. The average Bonchev–Trinajstić information content (AvgIpc) is 2.69. The number of guanidine groups is 1. The quantitative estimate of drug-likeness (QED) is 0.286. The molecule has 0 saturated heterocycles. The second-order valence-electron chi connectivity index (χ2n) is 6.17. The third-order valence-corrected chi connectivity index (χ3v) is 3.88. The summed E-state index contributed by atoms with van der Waals surface area (Å²) in [5.74, 6) is 1.50. The molecule has 0 heterocycles. The van der Waals surface area contributed by atoms with Crippen molar-refractivity contribution in [2.45, 2.75) is 25.9 Å². The molecule has 0 aromatic heterocycles. The van der Waals surface area contributed by atoms with E-state index < -0.39 is 12.8 Å². The number of rotatable bonds is 9. The molecular weight excluding hydrogens is 514 g/mol. The first-order valence-electron chi connectivity index (χ1n) is 8.77. The molecule has 2 aromatic carbocycles. The number of methoxy groups -OCH3 is 2. The van der Waals surface area contributed by atoms with Gasteiger partial charge in [0.1, 0.15) is 6.61 Å². The van der Waals surface area contributed by atoms with Crippen molar-refractivity contribution in [1.82, 2.24) is 5.32 Å². The molecule has 2 aromatic rings. The zero-order valence-electron chi connectivity index (χ0n) is 16.7. The van der Waals surface area contributed by atoms with Crippen LogP contribution < -0.4 is 20.5 Å². The number of benzene rings is 2. The van der Waals surface area contributed by atoms with Gasteiger partial charge in [-0.15, -0.1) is 24.0 Å². The van der Waals surface area contributed by atoms with E-state index in [2.05, 4.69) is 15.0 Å². The third-order valence-electron chi connectivity index (χ3n) is 3.88. The van der Waals surface area contributed by atoms with Crippen molar-refractivity contribution in [3.63, 3.8) is 0 Å². The molecule has 10 heteroatoms. The van der Waals surface area contributed by atoms with Crippen molar-refractivity contribution >= 4 is 29.9 Å². The van der Waals surface area contributed by atoms with Crippen LogP contribution in [0.2, 0.25) is 0 Å². The Morgan fingerprint density at radius 2 is 1.70 bits per heavy atom. The van der Waals surface area contributed by atoms with Gasteiger partial charge < -0.3 is 25.3 Å². The maximum absolute atomic E-state index is 12.1. The predicted molar refractivity (Wildman–Crippen MR) is 119 cm³/mol. The number of ether oxygens (including phenoxy) is 3. The molecule has 0 amide bonds. The standard InChI is InChI=1S/C20H24F3N3O3.HI/c1-27-17-7-6-15(9-18(17)28-2)11-26-19(24)25-10-14-4-3-5-16(8-14)12-29-13-20(21,22)23;/h3-9H,10-13H2,1-2H3,(H3,24,25,26);1H. The van der Waals surface area contributed by atoms with Crippen LogP contribution in [0.3, 0.4) is 0 Å². The fourth-order valence-electron chi connectivity index (χ4n) is 2.52. The van der Waals surface area contributed by atoms with Gasteiger partial charge in [0.15, 0.2) is 17.5 Å². The Balaban J connectivity index is 0.00000450. The number of aliphatic imine (C=N–C) groups is 1. The van der Waals surface area contributed by atoms with E-state index in [1.54, 1.807) is 38.5 Å². The highest BCUT2D eigenvalue weighted by molar-refractivity contribution is 14.0. The maximum atomic E-state index is 12.1. The molecule has 2 rings (SSSR count). The SMILES string of the molecule is COc1ccc(CNC(N)=NCc2cccc(COCC(F)(F)F)c2)cc1OC.I. The number of alkyl halides is 3. The molecule has 0 unspecified atom stereocenters. The first kappa shape index (κ1) is 25.8. The predicted octanol–water partition coefficient (Wildman–Crippen LogP) is 4.01. The van der Waals surface area contributed by atoms with Crippen LogP contribution in [0.15, 0.2) is 47.5 Å². The van der Waals surface area contributed by atoms with E-state index in [1.165, 1.54) is 0 Å². The van der Waals surface area contributed by atoms with Gasteiger partial charge in [-0.3, -0.25) is 0 Å². The van der Waals surface area contributed by atoms with E-state index in [0.29, 0.717) is 23.6 Å². The Morgan fingerprint density at radius 3 is 2.37 bits per heavy atom. The lowest BCUT2D eigenvalue weighted by molar-refractivity contribution is -0.176. The van der Waals surface area contributed by atoms with Crippen molar-refractivity contribution in [2.75, 3.05) is 20.8 Å². The highest BCUT2D eigenvalue weighted by Gasteiger charge is 2.27. The van der Waals surface area contributed by atoms with Gasteiger partial charge in [0.05, 0.1) is 27.4 Å². The Hall–Kier alpha value is -2.21. The Labute approximate surface area is 190 Å². The molecule has 0 spiro atoms. The van der Waals surface area contributed by atoms with Crippen molar-refractivity contribution < 1.29 is 27.4 Å². The van der Waals surface area contributed by atoms with Crippen molar-refractivity contribution in [2.24, 2.45) is 10.7 Å². The molecule has 0 fully saturated rings. The molecule has 166 valence electrons. The summed E-state index contributed by atoms with van der Waals surface area (Å²) in [6.45, 7) is -0.661. The molecule has 30 heavy (non-hydrogen) atoms. The second-order valence-corrected chi connectivity index (χ2v) is 6.17. The van der Waals surface area contributed by atoms with Gasteiger partial charge in [0.2, 0.25) is 0 Å². The summed E-state index contributed by atoms with van der Waals surface area (Å²) < 4.78 is 51.6. The van der Waals surface area contributed by atoms with Gasteiger partial charge >= 0.3 is 6.18 Å². The topological polar surface area (TPSA) is 78.1 Å². The number of nitrogens with one attached hydrogen (secondary N) is 1. The number of hydrogen-bond acceptors (Lipinski definition) is 4. The monoisotopic (exact) mass is 539 g/mol. The van der Waals surface area contributed by atoms with Gasteiger partial charge in [-0.1, -0.05) is 30.3 Å². The molecular formula is C20H25F3IN3O3. The first-order valence-corrected chi connectivity index (χ1v) is 8.77. The lowest BCUT2D eigenvalue weighted by atomic mass is 10.1. The van der Waals surface area contributed by atoms with E-state index in [-0.39, 0.29) is 43.1 Å². The minimum atomic E-state index is -4.34. The lowest BCUT2D eigenvalue weighted by Gasteiger charge is -2.11. The number of halogens is 4. The summed E-state index contributed by atoms with van der Waals surface area (Å²) in [4.78, 5) is 4.25. The molecule has 0 aliphatic rings. The van der Waals surface area contributed by atoms with Crippen molar-refractivity contribution in [3.8, 4) is 11.5 Å². The molecule has 0 aliphatic carbocycles. The normalized spacial score (nSPS) is 11.6.